The first-order valence-corrected chi connectivity index (χ1v) is 24.5. The lowest BCUT2D eigenvalue weighted by Gasteiger charge is -2.28. The number of aliphatic hydroxyl groups is 1. The van der Waals surface area contributed by atoms with Crippen LogP contribution in [0.4, 0.5) is 0 Å². The molecule has 17 N–H and O–H groups in total. The highest BCUT2D eigenvalue weighted by Crippen LogP contribution is 2.10. The van der Waals surface area contributed by atoms with Crippen molar-refractivity contribution in [1.82, 2.24) is 53.2 Å². The topological polar surface area (TPSA) is 389 Å². The second kappa shape index (κ2) is 35.8. The molecule has 2 unspecified atom stereocenters. The molecule has 71 heavy (non-hydrogen) atoms. The zero-order valence-corrected chi connectivity index (χ0v) is 42.0. The van der Waals surface area contributed by atoms with Gasteiger partial charge in [0.1, 0.15) is 36.3 Å². The molecule has 0 heterocycles. The maximum Gasteiger partial charge on any atom is 0.245 e. The highest BCUT2D eigenvalue weighted by molar-refractivity contribution is 5.97. The predicted molar refractivity (Wildman–Crippen MR) is 265 cm³/mol. The number of likely N-dealkylation sites (N-methyl/N-ethyl adjacent to an activating group) is 1. The molecule has 0 bridgehead atoms. The first-order chi connectivity index (χ1) is 33.8. The van der Waals surface area contributed by atoms with Crippen molar-refractivity contribution in [3.63, 3.8) is 0 Å². The van der Waals surface area contributed by atoms with Gasteiger partial charge >= 0.3 is 0 Å². The smallest absolute Gasteiger partial charge is 0.245 e. The van der Waals surface area contributed by atoms with Gasteiger partial charge in [0.2, 0.25) is 59.1 Å². The summed E-state index contributed by atoms with van der Waals surface area (Å²) < 4.78 is 0. The van der Waals surface area contributed by atoms with Crippen molar-refractivity contribution < 1.29 is 53.1 Å². The monoisotopic (exact) mass is 1000 g/mol. The molecule has 1 rings (SSSR count). The molecule has 10 amide bonds. The molecule has 400 valence electrons. The summed E-state index contributed by atoms with van der Waals surface area (Å²) in [5.41, 5.74) is 18.0. The molecule has 0 aliphatic carbocycles. The summed E-state index contributed by atoms with van der Waals surface area (Å²) in [4.78, 5) is 131. The number of amides is 10. The second-order valence-corrected chi connectivity index (χ2v) is 17.5. The molecule has 0 radical (unpaired) electrons. The van der Waals surface area contributed by atoms with Crippen LogP contribution in [0.1, 0.15) is 104 Å². The molecular weight excluding hydrogens is 923 g/mol. The molecule has 0 fully saturated rings. The first-order valence-electron chi connectivity index (χ1n) is 24.5. The van der Waals surface area contributed by atoms with Gasteiger partial charge in [-0.05, 0) is 77.1 Å². The standard InChI is InChI=1S/C47H81N13O11/c1-6-8-9-10-14-17-37(62)52-26-38(63)53-27-39(64)54-28-40(65)55-32(18-21-48)42(66)59-36(25-31-15-12-11-13-16-31)46(70)58-35(24-29(3)4)45(69)57-33(19-22-49)43(67)56-34(20-23-50)44(68)60-41(30(5)61)47(71)51-7-2/h11-13,15-16,29-30,32-36,41,61H,6-10,14,17-28,48-50H2,1-5H3,(H,51,71)(H,52,62)(H,53,63)(H,54,64)(H,55,65)(H,56,67)(H,57,69)(H,58,70)(H,59,66)(H,60,68)/t30?,32-,33-,34-,35-,36+,41?/m0/s1. The molecule has 1 aromatic rings. The Morgan fingerprint density at radius 2 is 0.930 bits per heavy atom. The molecule has 0 aliphatic heterocycles. The lowest BCUT2D eigenvalue weighted by atomic mass is 10.00. The van der Waals surface area contributed by atoms with Crippen molar-refractivity contribution in [3.8, 4) is 0 Å². The summed E-state index contributed by atoms with van der Waals surface area (Å²) in [5, 5.41) is 35.4. The Morgan fingerprint density at radius 3 is 1.42 bits per heavy atom. The molecule has 0 saturated carbocycles. The van der Waals surface area contributed by atoms with Crippen LogP contribution in [0.15, 0.2) is 30.3 Å². The van der Waals surface area contributed by atoms with Crippen LogP contribution in [-0.4, -0.2) is 152 Å². The molecule has 0 spiro atoms. The molecular formula is C47H81N13O11. The number of aliphatic hydroxyl groups excluding tert-OH is 1. The van der Waals surface area contributed by atoms with Gasteiger partial charge in [-0.3, -0.25) is 47.9 Å². The summed E-state index contributed by atoms with van der Waals surface area (Å²) >= 11 is 0. The lowest BCUT2D eigenvalue weighted by molar-refractivity contribution is -0.136. The number of unbranched alkanes of at least 4 members (excludes halogenated alkanes) is 4. The summed E-state index contributed by atoms with van der Waals surface area (Å²) in [6.45, 7) is 7.32. The van der Waals surface area contributed by atoms with Gasteiger partial charge in [-0.15, -0.1) is 0 Å². The lowest BCUT2D eigenvalue weighted by Crippen LogP contribution is -2.61. The molecule has 24 nitrogen and oxygen atoms in total. The Balaban J connectivity index is 3.11. The van der Waals surface area contributed by atoms with Gasteiger partial charge in [0.05, 0.1) is 25.7 Å². The van der Waals surface area contributed by atoms with E-state index >= 15 is 0 Å². The fraction of sp³-hybridized carbons (Fsp3) is 0.660. The van der Waals surface area contributed by atoms with Crippen LogP contribution in [-0.2, 0) is 54.4 Å². The van der Waals surface area contributed by atoms with Crippen LogP contribution in [0.3, 0.4) is 0 Å². The Labute approximate surface area is 416 Å². The number of rotatable bonds is 36. The van der Waals surface area contributed by atoms with Gasteiger partial charge in [-0.25, -0.2) is 0 Å². The first kappa shape index (κ1) is 62.8. The van der Waals surface area contributed by atoms with Crippen molar-refractivity contribution in [1.29, 1.82) is 0 Å². The highest BCUT2D eigenvalue weighted by Gasteiger charge is 2.34. The van der Waals surface area contributed by atoms with Gasteiger partial charge in [0.25, 0.3) is 0 Å². The second-order valence-electron chi connectivity index (χ2n) is 17.5. The number of hydrogen-bond acceptors (Lipinski definition) is 14. The minimum atomic E-state index is -1.34. The summed E-state index contributed by atoms with van der Waals surface area (Å²) in [6, 6.07) is 0.903. The largest absolute Gasteiger partial charge is 0.391 e. The fourth-order valence-corrected chi connectivity index (χ4v) is 6.99. The van der Waals surface area contributed by atoms with E-state index < -0.39 is 109 Å². The normalized spacial score (nSPS) is 13.9. The van der Waals surface area contributed by atoms with E-state index in [1.165, 1.54) is 6.92 Å². The molecule has 1 aromatic carbocycles. The number of nitrogens with one attached hydrogen (secondary N) is 10. The SMILES string of the molecule is CCCCCCCC(=O)NCC(=O)NCC(=O)NCC(=O)N[C@@H](CCN)C(=O)N[C@H](Cc1ccccc1)C(=O)N[C@@H](CC(C)C)C(=O)N[C@@H](CCN)C(=O)N[C@@H](CCN)C(=O)NC(C(=O)NCC)C(C)O. The van der Waals surface area contributed by atoms with Crippen LogP contribution >= 0.6 is 0 Å². The van der Waals surface area contributed by atoms with Crippen LogP contribution in [0.2, 0.25) is 0 Å². The number of carbonyl (C=O) groups excluding carboxylic acids is 10. The Hall–Kier alpha value is -6.24. The molecule has 24 heteroatoms. The molecule has 0 aliphatic rings. The van der Waals surface area contributed by atoms with Crippen LogP contribution in [0.5, 0.6) is 0 Å². The maximum absolute atomic E-state index is 14.2. The Morgan fingerprint density at radius 1 is 0.493 bits per heavy atom. The van der Waals surface area contributed by atoms with E-state index in [-0.39, 0.29) is 83.1 Å². The molecule has 7 atom stereocenters. The quantitative estimate of drug-likeness (QED) is 0.0290. The number of carbonyl (C=O) groups is 10. The zero-order valence-electron chi connectivity index (χ0n) is 42.0. The van der Waals surface area contributed by atoms with E-state index in [9.17, 15) is 53.1 Å². The van der Waals surface area contributed by atoms with Crippen LogP contribution in [0, 0.1) is 5.92 Å². The van der Waals surface area contributed by atoms with E-state index in [2.05, 4.69) is 60.1 Å². The number of nitrogens with two attached hydrogens (primary N) is 3. The van der Waals surface area contributed by atoms with Gasteiger partial charge in [0.15, 0.2) is 0 Å². The maximum atomic E-state index is 14.2. The minimum absolute atomic E-state index is 0.0545. The Bertz CT molecular complexity index is 1860. The van der Waals surface area contributed by atoms with E-state index in [0.717, 1.165) is 25.7 Å². The van der Waals surface area contributed by atoms with E-state index in [1.807, 2.05) is 0 Å². The van der Waals surface area contributed by atoms with Crippen molar-refractivity contribution in [2.24, 2.45) is 23.1 Å². The summed E-state index contributed by atoms with van der Waals surface area (Å²) in [5.74, 6) is -7.18. The van der Waals surface area contributed by atoms with Crippen LogP contribution in [0.25, 0.3) is 0 Å². The van der Waals surface area contributed by atoms with Gasteiger partial charge < -0.3 is 75.5 Å². The van der Waals surface area contributed by atoms with Crippen molar-refractivity contribution in [2.45, 2.75) is 148 Å². The number of benzene rings is 1. The third-order valence-electron chi connectivity index (χ3n) is 10.8. The van der Waals surface area contributed by atoms with E-state index in [0.29, 0.717) is 12.0 Å². The van der Waals surface area contributed by atoms with Crippen molar-refractivity contribution in [2.75, 3.05) is 45.8 Å². The van der Waals surface area contributed by atoms with E-state index in [1.54, 1.807) is 51.1 Å². The zero-order chi connectivity index (χ0) is 53.3. The molecule has 0 aromatic heterocycles. The molecule has 0 saturated heterocycles. The fourth-order valence-electron chi connectivity index (χ4n) is 6.99. The highest BCUT2D eigenvalue weighted by atomic mass is 16.3. The number of hydrogen-bond donors (Lipinski definition) is 14. The summed E-state index contributed by atoms with van der Waals surface area (Å²) in [7, 11) is 0. The minimum Gasteiger partial charge on any atom is -0.391 e. The van der Waals surface area contributed by atoms with Gasteiger partial charge in [-0.1, -0.05) is 76.8 Å². The Kier molecular flexibility index (Phi) is 31.6. The summed E-state index contributed by atoms with van der Waals surface area (Å²) in [6.07, 6.45) is 3.62. The van der Waals surface area contributed by atoms with Crippen LogP contribution < -0.4 is 70.4 Å². The van der Waals surface area contributed by atoms with Gasteiger partial charge in [-0.2, -0.15) is 0 Å². The third kappa shape index (κ3) is 26.5. The predicted octanol–water partition coefficient (Wildman–Crippen LogP) is -3.54. The average Bonchev–Trinajstić information content (AvgIpc) is 3.32. The van der Waals surface area contributed by atoms with E-state index in [4.69, 9.17) is 17.2 Å². The van der Waals surface area contributed by atoms with Crippen molar-refractivity contribution >= 4 is 59.1 Å². The third-order valence-corrected chi connectivity index (χ3v) is 10.8. The average molecular weight is 1000 g/mol. The van der Waals surface area contributed by atoms with Crippen molar-refractivity contribution in [3.05, 3.63) is 35.9 Å². The van der Waals surface area contributed by atoms with Gasteiger partial charge in [0, 0.05) is 19.4 Å².